The topological polar surface area (TPSA) is 52.0 Å². The Bertz CT molecular complexity index is 437. The lowest BCUT2D eigenvalue weighted by molar-refractivity contribution is 0.439. The Balaban J connectivity index is 2.51. The molecule has 0 radical (unpaired) electrons. The van der Waals surface area contributed by atoms with Gasteiger partial charge in [0.1, 0.15) is 10.0 Å². The number of nitrogens with two attached hydrogens (primary N) is 1. The van der Waals surface area contributed by atoms with E-state index in [9.17, 15) is 0 Å². The monoisotopic (exact) mass is 234 g/mol. The van der Waals surface area contributed by atoms with Gasteiger partial charge in [-0.05, 0) is 6.07 Å². The minimum Gasteiger partial charge on any atom is -0.368 e. The molecule has 0 bridgehead atoms. The summed E-state index contributed by atoms with van der Waals surface area (Å²) in [5.41, 5.74) is 6.72. The van der Waals surface area contributed by atoms with Gasteiger partial charge in [0.25, 0.3) is 0 Å². The molecule has 0 fully saturated rings. The fraction of sp³-hybridized carbons (Fsp3) is 0. The molecule has 0 amide bonds. The maximum Gasteiger partial charge on any atom is 0.222 e. The minimum atomic E-state index is 0.258. The molecule has 0 aromatic carbocycles. The van der Waals surface area contributed by atoms with Crippen LogP contribution in [0, 0.1) is 0 Å². The van der Waals surface area contributed by atoms with Crippen LogP contribution in [0.15, 0.2) is 16.7 Å². The van der Waals surface area contributed by atoms with Crippen molar-refractivity contribution in [3.05, 3.63) is 20.8 Å². The van der Waals surface area contributed by atoms with Gasteiger partial charge in [0.05, 0.1) is 4.34 Å². The lowest BCUT2D eigenvalue weighted by Crippen LogP contribution is -1.76. The van der Waals surface area contributed by atoms with E-state index < -0.39 is 0 Å². The first kappa shape index (κ1) is 8.87. The number of hydrogen-bond donors (Lipinski definition) is 1. The smallest absolute Gasteiger partial charge is 0.222 e. The van der Waals surface area contributed by atoms with Crippen molar-refractivity contribution >= 4 is 40.4 Å². The van der Waals surface area contributed by atoms with Gasteiger partial charge in [0, 0.05) is 11.6 Å². The summed E-state index contributed by atoms with van der Waals surface area (Å²) in [5, 5.41) is 3.72. The van der Waals surface area contributed by atoms with Gasteiger partial charge in [0.2, 0.25) is 5.88 Å². The molecule has 0 aliphatic heterocycles. The van der Waals surface area contributed by atoms with Crippen molar-refractivity contribution in [2.45, 2.75) is 0 Å². The van der Waals surface area contributed by atoms with Gasteiger partial charge in [-0.3, -0.25) is 0 Å². The molecule has 0 spiro atoms. The second-order valence-electron chi connectivity index (χ2n) is 2.35. The summed E-state index contributed by atoms with van der Waals surface area (Å²) >= 11 is 12.9. The predicted molar refractivity (Wildman–Crippen MR) is 54.2 cm³/mol. The molecule has 0 aliphatic rings. The van der Waals surface area contributed by atoms with E-state index in [0.29, 0.717) is 14.4 Å². The summed E-state index contributed by atoms with van der Waals surface area (Å²) in [4.78, 5) is 0. The van der Waals surface area contributed by atoms with Gasteiger partial charge >= 0.3 is 0 Å². The molecular weight excluding hydrogens is 231 g/mol. The minimum absolute atomic E-state index is 0.258. The van der Waals surface area contributed by atoms with Crippen LogP contribution < -0.4 is 5.73 Å². The third-order valence-electron chi connectivity index (χ3n) is 1.46. The van der Waals surface area contributed by atoms with Crippen molar-refractivity contribution in [1.29, 1.82) is 0 Å². The van der Waals surface area contributed by atoms with Crippen LogP contribution in [0.3, 0.4) is 0 Å². The normalized spacial score (nSPS) is 10.6. The van der Waals surface area contributed by atoms with Crippen LogP contribution in [0.5, 0.6) is 0 Å². The van der Waals surface area contributed by atoms with Crippen LogP contribution in [0.25, 0.3) is 11.3 Å². The summed E-state index contributed by atoms with van der Waals surface area (Å²) in [5.74, 6) is 0.258. The number of nitrogens with zero attached hydrogens (tertiary/aromatic N) is 1. The number of rotatable bonds is 1. The largest absolute Gasteiger partial charge is 0.368 e. The zero-order chi connectivity index (χ0) is 9.42. The molecule has 0 atom stereocenters. The van der Waals surface area contributed by atoms with Crippen molar-refractivity contribution in [3.8, 4) is 11.3 Å². The first-order chi connectivity index (χ1) is 6.16. The van der Waals surface area contributed by atoms with Crippen molar-refractivity contribution in [3.63, 3.8) is 0 Å². The second-order valence-corrected chi connectivity index (χ2v) is 4.64. The molecule has 0 aliphatic carbocycles. The zero-order valence-corrected chi connectivity index (χ0v) is 8.58. The maximum atomic E-state index is 5.90. The lowest BCUT2D eigenvalue weighted by Gasteiger charge is -1.87. The molecule has 6 heteroatoms. The van der Waals surface area contributed by atoms with E-state index in [1.807, 2.05) is 0 Å². The first-order valence-corrected chi connectivity index (χ1v) is 4.91. The molecule has 0 saturated carbocycles. The van der Waals surface area contributed by atoms with Crippen molar-refractivity contribution < 1.29 is 4.52 Å². The first-order valence-electron chi connectivity index (χ1n) is 3.34. The average Bonchev–Trinajstić information content (AvgIpc) is 2.58. The number of halogens is 2. The Labute approximate surface area is 88.0 Å². The standard InChI is InChI=1S/C7H4Cl2N2OS/c8-5-1-3(7(9)13-5)4-2-6(10)12-11-4/h1-2H,10H2. The van der Waals surface area contributed by atoms with Crippen molar-refractivity contribution in [2.24, 2.45) is 0 Å². The van der Waals surface area contributed by atoms with E-state index in [0.717, 1.165) is 5.56 Å². The zero-order valence-electron chi connectivity index (χ0n) is 6.25. The van der Waals surface area contributed by atoms with Crippen LogP contribution >= 0.6 is 34.5 Å². The SMILES string of the molecule is Nc1cc(-c2cc(Cl)sc2Cl)no1. The van der Waals surface area contributed by atoms with Crippen LogP contribution in [0.4, 0.5) is 5.88 Å². The van der Waals surface area contributed by atoms with Gasteiger partial charge in [-0.15, -0.1) is 11.3 Å². The molecule has 3 nitrogen and oxygen atoms in total. The highest BCUT2D eigenvalue weighted by molar-refractivity contribution is 7.20. The molecule has 0 unspecified atom stereocenters. The van der Waals surface area contributed by atoms with Gasteiger partial charge in [-0.2, -0.15) is 0 Å². The van der Waals surface area contributed by atoms with Gasteiger partial charge in [0.15, 0.2) is 0 Å². The number of thiophene rings is 1. The van der Waals surface area contributed by atoms with Crippen molar-refractivity contribution in [2.75, 3.05) is 5.73 Å². The maximum absolute atomic E-state index is 5.90. The van der Waals surface area contributed by atoms with Gasteiger partial charge < -0.3 is 10.3 Å². The average molecular weight is 235 g/mol. The molecule has 2 rings (SSSR count). The highest BCUT2D eigenvalue weighted by atomic mass is 35.5. The van der Waals surface area contributed by atoms with Crippen LogP contribution in [-0.2, 0) is 0 Å². The quantitative estimate of drug-likeness (QED) is 0.824. The highest BCUT2D eigenvalue weighted by Gasteiger charge is 2.11. The van der Waals surface area contributed by atoms with E-state index in [4.69, 9.17) is 33.5 Å². The molecule has 0 saturated heterocycles. The summed E-state index contributed by atoms with van der Waals surface area (Å²) in [6.07, 6.45) is 0. The van der Waals surface area contributed by atoms with E-state index in [1.54, 1.807) is 12.1 Å². The predicted octanol–water partition coefficient (Wildman–Crippen LogP) is 3.29. The Morgan fingerprint density at radius 3 is 2.62 bits per heavy atom. The highest BCUT2D eigenvalue weighted by Crippen LogP contribution is 2.37. The third kappa shape index (κ3) is 1.65. The Morgan fingerprint density at radius 2 is 2.15 bits per heavy atom. The van der Waals surface area contributed by atoms with E-state index in [-0.39, 0.29) is 5.88 Å². The van der Waals surface area contributed by atoms with Crippen LogP contribution in [0.1, 0.15) is 0 Å². The van der Waals surface area contributed by atoms with Crippen LogP contribution in [-0.4, -0.2) is 5.16 Å². The number of anilines is 1. The second kappa shape index (κ2) is 3.21. The molecule has 2 N–H and O–H groups in total. The summed E-state index contributed by atoms with van der Waals surface area (Å²) in [6, 6.07) is 3.33. The lowest BCUT2D eigenvalue weighted by atomic mass is 10.2. The summed E-state index contributed by atoms with van der Waals surface area (Å²) < 4.78 is 5.91. The van der Waals surface area contributed by atoms with E-state index in [1.165, 1.54) is 11.3 Å². The van der Waals surface area contributed by atoms with Crippen molar-refractivity contribution in [1.82, 2.24) is 5.16 Å². The third-order valence-corrected chi connectivity index (χ3v) is 2.95. The summed E-state index contributed by atoms with van der Waals surface area (Å²) in [7, 11) is 0. The van der Waals surface area contributed by atoms with E-state index >= 15 is 0 Å². The van der Waals surface area contributed by atoms with Gasteiger partial charge in [-0.25, -0.2) is 0 Å². The molecule has 68 valence electrons. The summed E-state index contributed by atoms with van der Waals surface area (Å²) in [6.45, 7) is 0. The van der Waals surface area contributed by atoms with Crippen LogP contribution in [0.2, 0.25) is 8.67 Å². The Morgan fingerprint density at radius 1 is 1.38 bits per heavy atom. The Kier molecular flexibility index (Phi) is 2.19. The Hall–Kier alpha value is -0.710. The van der Waals surface area contributed by atoms with Gasteiger partial charge in [-0.1, -0.05) is 28.4 Å². The molecular formula is C7H4Cl2N2OS. The number of nitrogen functional groups attached to an aromatic ring is 1. The fourth-order valence-corrected chi connectivity index (χ4v) is 2.41. The molecule has 2 aromatic rings. The number of hydrogen-bond acceptors (Lipinski definition) is 4. The molecule has 2 aromatic heterocycles. The fourth-order valence-electron chi connectivity index (χ4n) is 0.931. The molecule has 2 heterocycles. The molecule has 13 heavy (non-hydrogen) atoms. The van der Waals surface area contributed by atoms with E-state index in [2.05, 4.69) is 5.16 Å². The number of aromatic nitrogens is 1.